The van der Waals surface area contributed by atoms with Crippen molar-refractivity contribution in [1.29, 1.82) is 5.26 Å². The van der Waals surface area contributed by atoms with Crippen molar-refractivity contribution in [3.05, 3.63) is 33.5 Å². The standard InChI is InChI=1S/C13H16N2S/c14-8-12-7-13(16-10-12)9-15-6-5-11-3-1-2-4-11/h3,7,10,15H,1-2,4-6,9H2. The van der Waals surface area contributed by atoms with E-state index in [1.54, 1.807) is 16.9 Å². The fourth-order valence-electron chi connectivity index (χ4n) is 1.96. The molecule has 1 aliphatic carbocycles. The van der Waals surface area contributed by atoms with Gasteiger partial charge in [0.15, 0.2) is 0 Å². The smallest absolute Gasteiger partial charge is 0.100 e. The molecular weight excluding hydrogens is 216 g/mol. The number of hydrogen-bond acceptors (Lipinski definition) is 3. The molecule has 0 bridgehead atoms. The molecule has 2 rings (SSSR count). The lowest BCUT2D eigenvalue weighted by atomic mass is 10.2. The average molecular weight is 232 g/mol. The third-order valence-electron chi connectivity index (χ3n) is 2.84. The monoisotopic (exact) mass is 232 g/mol. The molecule has 3 heteroatoms. The quantitative estimate of drug-likeness (QED) is 0.625. The van der Waals surface area contributed by atoms with Gasteiger partial charge < -0.3 is 5.32 Å². The third-order valence-corrected chi connectivity index (χ3v) is 3.78. The second-order valence-corrected chi connectivity index (χ2v) is 5.09. The Morgan fingerprint density at radius 1 is 1.50 bits per heavy atom. The highest BCUT2D eigenvalue weighted by Crippen LogP contribution is 2.20. The molecular formula is C13H16N2S. The van der Waals surface area contributed by atoms with E-state index in [0.717, 1.165) is 18.7 Å². The molecule has 1 aromatic rings. The van der Waals surface area contributed by atoms with E-state index in [1.807, 2.05) is 11.4 Å². The van der Waals surface area contributed by atoms with Crippen LogP contribution in [-0.4, -0.2) is 6.54 Å². The lowest BCUT2D eigenvalue weighted by molar-refractivity contribution is 0.681. The lowest BCUT2D eigenvalue weighted by Gasteiger charge is -2.03. The van der Waals surface area contributed by atoms with Crippen molar-refractivity contribution in [1.82, 2.24) is 5.32 Å². The zero-order chi connectivity index (χ0) is 11.2. The van der Waals surface area contributed by atoms with Gasteiger partial charge in [0, 0.05) is 16.8 Å². The Balaban J connectivity index is 1.66. The Kier molecular flexibility index (Phi) is 4.15. The van der Waals surface area contributed by atoms with Gasteiger partial charge >= 0.3 is 0 Å². The fraction of sp³-hybridized carbons (Fsp3) is 0.462. The van der Waals surface area contributed by atoms with Gasteiger partial charge in [0.2, 0.25) is 0 Å². The van der Waals surface area contributed by atoms with Gasteiger partial charge in [0.25, 0.3) is 0 Å². The van der Waals surface area contributed by atoms with E-state index in [9.17, 15) is 0 Å². The minimum absolute atomic E-state index is 0.778. The zero-order valence-corrected chi connectivity index (χ0v) is 10.1. The van der Waals surface area contributed by atoms with Gasteiger partial charge in [-0.1, -0.05) is 11.6 Å². The number of rotatable bonds is 5. The summed E-state index contributed by atoms with van der Waals surface area (Å²) in [5.74, 6) is 0. The fourth-order valence-corrected chi connectivity index (χ4v) is 2.74. The first-order chi connectivity index (χ1) is 7.88. The largest absolute Gasteiger partial charge is 0.312 e. The number of allylic oxidation sites excluding steroid dienone is 1. The first-order valence-corrected chi connectivity index (χ1v) is 6.62. The molecule has 16 heavy (non-hydrogen) atoms. The highest BCUT2D eigenvalue weighted by atomic mass is 32.1. The summed E-state index contributed by atoms with van der Waals surface area (Å²) in [4.78, 5) is 1.25. The number of nitriles is 1. The van der Waals surface area contributed by atoms with Crippen molar-refractivity contribution in [3.8, 4) is 6.07 Å². The molecule has 0 spiro atoms. The molecule has 1 aromatic heterocycles. The first kappa shape index (κ1) is 11.4. The molecule has 0 fully saturated rings. The zero-order valence-electron chi connectivity index (χ0n) is 9.33. The Morgan fingerprint density at radius 2 is 2.44 bits per heavy atom. The summed E-state index contributed by atoms with van der Waals surface area (Å²) in [5.41, 5.74) is 2.39. The van der Waals surface area contributed by atoms with Crippen LogP contribution in [0, 0.1) is 11.3 Å². The summed E-state index contributed by atoms with van der Waals surface area (Å²) >= 11 is 1.66. The Labute approximate surface area is 101 Å². The molecule has 1 N–H and O–H groups in total. The molecule has 0 aromatic carbocycles. The Hall–Kier alpha value is -1.11. The predicted octanol–water partition coefficient (Wildman–Crippen LogP) is 3.21. The van der Waals surface area contributed by atoms with E-state index in [2.05, 4.69) is 17.5 Å². The molecule has 0 saturated carbocycles. The molecule has 0 unspecified atom stereocenters. The molecule has 2 nitrogen and oxygen atoms in total. The summed E-state index contributed by atoms with van der Waals surface area (Å²) < 4.78 is 0. The number of nitrogens with zero attached hydrogens (tertiary/aromatic N) is 1. The first-order valence-electron chi connectivity index (χ1n) is 5.74. The maximum Gasteiger partial charge on any atom is 0.100 e. The van der Waals surface area contributed by atoms with Crippen LogP contribution in [0.3, 0.4) is 0 Å². The molecule has 0 amide bonds. The van der Waals surface area contributed by atoms with Crippen molar-refractivity contribution in [2.45, 2.75) is 32.2 Å². The van der Waals surface area contributed by atoms with Crippen LogP contribution in [0.1, 0.15) is 36.1 Å². The second-order valence-electron chi connectivity index (χ2n) is 4.09. The van der Waals surface area contributed by atoms with Gasteiger partial charge in [0.05, 0.1) is 5.56 Å². The van der Waals surface area contributed by atoms with Gasteiger partial charge in [-0.2, -0.15) is 5.26 Å². The average Bonchev–Trinajstić information content (AvgIpc) is 2.95. The molecule has 0 radical (unpaired) electrons. The van der Waals surface area contributed by atoms with Gasteiger partial charge in [-0.3, -0.25) is 0 Å². The lowest BCUT2D eigenvalue weighted by Crippen LogP contribution is -2.14. The van der Waals surface area contributed by atoms with Crippen LogP contribution in [0.2, 0.25) is 0 Å². The van der Waals surface area contributed by atoms with Crippen LogP contribution >= 0.6 is 11.3 Å². The van der Waals surface area contributed by atoms with E-state index in [0.29, 0.717) is 0 Å². The summed E-state index contributed by atoms with van der Waals surface area (Å²) in [6.45, 7) is 1.94. The SMILES string of the molecule is N#Cc1csc(CNCCC2=CCCC2)c1. The normalized spacial score (nSPS) is 14.8. The van der Waals surface area contributed by atoms with Crippen LogP contribution in [0.25, 0.3) is 0 Å². The molecule has 84 valence electrons. The van der Waals surface area contributed by atoms with E-state index >= 15 is 0 Å². The second kappa shape index (κ2) is 5.83. The predicted molar refractivity (Wildman–Crippen MR) is 67.3 cm³/mol. The van der Waals surface area contributed by atoms with Crippen molar-refractivity contribution < 1.29 is 0 Å². The maximum absolute atomic E-state index is 8.69. The number of thiophene rings is 1. The van der Waals surface area contributed by atoms with Gasteiger partial charge in [0.1, 0.15) is 6.07 Å². The Morgan fingerprint density at radius 3 is 3.12 bits per heavy atom. The molecule has 0 saturated heterocycles. The molecule has 1 heterocycles. The van der Waals surface area contributed by atoms with Gasteiger partial charge in [-0.25, -0.2) is 0 Å². The topological polar surface area (TPSA) is 35.8 Å². The van der Waals surface area contributed by atoms with Gasteiger partial charge in [-0.05, 0) is 38.3 Å². The summed E-state index contributed by atoms with van der Waals surface area (Å²) in [7, 11) is 0. The summed E-state index contributed by atoms with van der Waals surface area (Å²) in [5, 5.41) is 14.0. The number of nitrogens with one attached hydrogen (secondary N) is 1. The number of hydrogen-bond donors (Lipinski definition) is 1. The van der Waals surface area contributed by atoms with Crippen LogP contribution in [0.5, 0.6) is 0 Å². The molecule has 0 atom stereocenters. The van der Waals surface area contributed by atoms with E-state index in [1.165, 1.54) is 30.6 Å². The van der Waals surface area contributed by atoms with E-state index < -0.39 is 0 Å². The van der Waals surface area contributed by atoms with Crippen LogP contribution in [0.15, 0.2) is 23.1 Å². The highest BCUT2D eigenvalue weighted by molar-refractivity contribution is 7.10. The Bertz CT molecular complexity index is 412. The van der Waals surface area contributed by atoms with Crippen LogP contribution < -0.4 is 5.32 Å². The molecule has 0 aliphatic heterocycles. The van der Waals surface area contributed by atoms with Crippen molar-refractivity contribution in [3.63, 3.8) is 0 Å². The van der Waals surface area contributed by atoms with Crippen molar-refractivity contribution >= 4 is 11.3 Å². The maximum atomic E-state index is 8.69. The van der Waals surface area contributed by atoms with Crippen molar-refractivity contribution in [2.24, 2.45) is 0 Å². The summed E-state index contributed by atoms with van der Waals surface area (Å²) in [6.07, 6.45) is 7.45. The minimum Gasteiger partial charge on any atom is -0.312 e. The van der Waals surface area contributed by atoms with E-state index in [-0.39, 0.29) is 0 Å². The van der Waals surface area contributed by atoms with Crippen LogP contribution in [-0.2, 0) is 6.54 Å². The summed E-state index contributed by atoms with van der Waals surface area (Å²) in [6, 6.07) is 4.12. The minimum atomic E-state index is 0.778. The molecule has 1 aliphatic rings. The van der Waals surface area contributed by atoms with Gasteiger partial charge in [-0.15, -0.1) is 11.3 Å². The van der Waals surface area contributed by atoms with Crippen LogP contribution in [0.4, 0.5) is 0 Å². The van der Waals surface area contributed by atoms with Crippen molar-refractivity contribution in [2.75, 3.05) is 6.54 Å². The third kappa shape index (κ3) is 3.19. The van der Waals surface area contributed by atoms with E-state index in [4.69, 9.17) is 5.26 Å². The highest BCUT2D eigenvalue weighted by Gasteiger charge is 2.04.